The summed E-state index contributed by atoms with van der Waals surface area (Å²) in [5, 5.41) is 21.9. The largest absolute Gasteiger partial charge is 0.315 e. The molecule has 0 amide bonds. The number of pyridine rings is 1. The Labute approximate surface area is 169 Å². The Bertz CT molecular complexity index is 992. The minimum atomic E-state index is 0.412. The van der Waals surface area contributed by atoms with Gasteiger partial charge in [-0.25, -0.2) is 4.52 Å². The van der Waals surface area contributed by atoms with Gasteiger partial charge < -0.3 is 10.2 Å². The third-order valence-corrected chi connectivity index (χ3v) is 6.08. The van der Waals surface area contributed by atoms with Crippen LogP contribution in [0.5, 0.6) is 0 Å². The Kier molecular flexibility index (Phi) is 5.67. The van der Waals surface area contributed by atoms with Crippen LogP contribution in [0.15, 0.2) is 35.7 Å². The lowest BCUT2D eigenvalue weighted by Gasteiger charge is -2.22. The molecular formula is C20H25N7S. The number of aromatic nitrogens is 4. The van der Waals surface area contributed by atoms with E-state index in [0.717, 1.165) is 53.3 Å². The Morgan fingerprint density at radius 3 is 2.93 bits per heavy atom. The van der Waals surface area contributed by atoms with E-state index in [1.54, 1.807) is 18.0 Å². The second-order valence-electron chi connectivity index (χ2n) is 7.42. The van der Waals surface area contributed by atoms with Crippen LogP contribution < -0.4 is 5.32 Å². The van der Waals surface area contributed by atoms with Crippen LogP contribution in [0.4, 0.5) is 0 Å². The van der Waals surface area contributed by atoms with Gasteiger partial charge in [-0.3, -0.25) is 4.68 Å². The number of piperidine rings is 1. The molecule has 1 N–H and O–H groups in total. The van der Waals surface area contributed by atoms with Crippen molar-refractivity contribution in [1.82, 2.24) is 29.6 Å². The summed E-state index contributed by atoms with van der Waals surface area (Å²) in [4.78, 5) is 3.25. The average Bonchev–Trinajstić information content (AvgIpc) is 3.35. The Hall–Kier alpha value is -2.34. The van der Waals surface area contributed by atoms with Crippen molar-refractivity contribution in [2.45, 2.75) is 23.8 Å². The molecule has 3 aromatic rings. The molecule has 0 bridgehead atoms. The van der Waals surface area contributed by atoms with Gasteiger partial charge in [-0.15, -0.1) is 11.8 Å². The van der Waals surface area contributed by atoms with Crippen molar-refractivity contribution in [1.29, 1.82) is 5.26 Å². The first-order valence-corrected chi connectivity index (χ1v) is 10.6. The van der Waals surface area contributed by atoms with Crippen molar-refractivity contribution in [3.63, 3.8) is 0 Å². The highest BCUT2D eigenvalue weighted by molar-refractivity contribution is 7.99. The third-order valence-electron chi connectivity index (χ3n) is 5.07. The highest BCUT2D eigenvalue weighted by Gasteiger charge is 2.17. The highest BCUT2D eigenvalue weighted by Crippen LogP contribution is 2.31. The molecule has 0 aliphatic carbocycles. The molecule has 1 atom stereocenters. The fourth-order valence-corrected chi connectivity index (χ4v) is 4.75. The van der Waals surface area contributed by atoms with Gasteiger partial charge in [0.05, 0.1) is 29.5 Å². The molecule has 1 fully saturated rings. The molecule has 0 aromatic carbocycles. The van der Waals surface area contributed by atoms with Crippen molar-refractivity contribution in [2.24, 2.45) is 0 Å². The summed E-state index contributed by atoms with van der Waals surface area (Å²) in [6, 6.07) is 4.84. The Morgan fingerprint density at radius 1 is 1.29 bits per heavy atom. The standard InChI is InChI=1S/C20H25N7S/c1-25(2)6-7-28-19-8-15(13-27-20(19)16(9-21)10-24-27)17-11-23-26(14-17)18-4-3-5-22-12-18/h8,10-11,13-14,18,22H,3-7,12H2,1-2H3/t18-/m0/s1. The smallest absolute Gasteiger partial charge is 0.103 e. The lowest BCUT2D eigenvalue weighted by atomic mass is 10.1. The lowest BCUT2D eigenvalue weighted by molar-refractivity contribution is 0.347. The Balaban J connectivity index is 1.67. The van der Waals surface area contributed by atoms with Gasteiger partial charge in [-0.05, 0) is 39.5 Å². The van der Waals surface area contributed by atoms with E-state index in [2.05, 4.69) is 57.5 Å². The van der Waals surface area contributed by atoms with E-state index in [4.69, 9.17) is 0 Å². The molecule has 4 heterocycles. The van der Waals surface area contributed by atoms with Crippen LogP contribution in [0, 0.1) is 11.3 Å². The number of thioether (sulfide) groups is 1. The zero-order chi connectivity index (χ0) is 19.5. The summed E-state index contributed by atoms with van der Waals surface area (Å²) in [6.45, 7) is 3.04. The predicted molar refractivity (Wildman–Crippen MR) is 112 cm³/mol. The summed E-state index contributed by atoms with van der Waals surface area (Å²) >= 11 is 1.77. The SMILES string of the molecule is CN(C)CCSc1cc(-c2cnn([C@H]3CCCNC3)c2)cn2ncc(C#N)c12. The zero-order valence-electron chi connectivity index (χ0n) is 16.3. The monoisotopic (exact) mass is 395 g/mol. The van der Waals surface area contributed by atoms with Crippen LogP contribution in [0.2, 0.25) is 0 Å². The fraction of sp³-hybridized carbons (Fsp3) is 0.450. The van der Waals surface area contributed by atoms with E-state index in [-0.39, 0.29) is 0 Å². The van der Waals surface area contributed by atoms with Crippen LogP contribution >= 0.6 is 11.8 Å². The molecule has 28 heavy (non-hydrogen) atoms. The van der Waals surface area contributed by atoms with Gasteiger partial charge >= 0.3 is 0 Å². The minimum absolute atomic E-state index is 0.412. The van der Waals surface area contributed by atoms with Gasteiger partial charge in [0.15, 0.2) is 0 Å². The van der Waals surface area contributed by atoms with E-state index >= 15 is 0 Å². The molecule has 0 saturated carbocycles. The first-order valence-electron chi connectivity index (χ1n) is 9.60. The third kappa shape index (κ3) is 3.92. The van der Waals surface area contributed by atoms with Crippen molar-refractivity contribution in [2.75, 3.05) is 39.5 Å². The quantitative estimate of drug-likeness (QED) is 0.647. The van der Waals surface area contributed by atoms with Crippen molar-refractivity contribution >= 4 is 17.3 Å². The van der Waals surface area contributed by atoms with E-state index in [0.29, 0.717) is 11.6 Å². The van der Waals surface area contributed by atoms with Crippen LogP contribution in [-0.4, -0.2) is 63.8 Å². The van der Waals surface area contributed by atoms with Gasteiger partial charge in [-0.2, -0.15) is 15.5 Å². The zero-order valence-corrected chi connectivity index (χ0v) is 17.1. The van der Waals surface area contributed by atoms with Crippen molar-refractivity contribution < 1.29 is 0 Å². The summed E-state index contributed by atoms with van der Waals surface area (Å²) in [7, 11) is 4.14. The highest BCUT2D eigenvalue weighted by atomic mass is 32.2. The van der Waals surface area contributed by atoms with Crippen molar-refractivity contribution in [3.05, 3.63) is 36.4 Å². The van der Waals surface area contributed by atoms with Gasteiger partial charge in [0.25, 0.3) is 0 Å². The summed E-state index contributed by atoms with van der Waals surface area (Å²) in [5.74, 6) is 0.954. The second-order valence-corrected chi connectivity index (χ2v) is 8.55. The number of nitriles is 1. The Morgan fingerprint density at radius 2 is 2.18 bits per heavy atom. The number of hydrogen-bond acceptors (Lipinski definition) is 6. The number of rotatable bonds is 6. The molecule has 146 valence electrons. The number of nitrogens with one attached hydrogen (secondary N) is 1. The van der Waals surface area contributed by atoms with Crippen LogP contribution in [0.1, 0.15) is 24.4 Å². The van der Waals surface area contributed by atoms with Gasteiger partial charge in [0.1, 0.15) is 6.07 Å². The van der Waals surface area contributed by atoms with Crippen molar-refractivity contribution in [3.8, 4) is 17.2 Å². The van der Waals surface area contributed by atoms with E-state index in [1.165, 1.54) is 6.42 Å². The fourth-order valence-electron chi connectivity index (χ4n) is 3.52. The van der Waals surface area contributed by atoms with Crippen LogP contribution in [0.3, 0.4) is 0 Å². The maximum atomic E-state index is 9.46. The molecule has 1 aliphatic rings. The van der Waals surface area contributed by atoms with Crippen LogP contribution in [-0.2, 0) is 0 Å². The lowest BCUT2D eigenvalue weighted by Crippen LogP contribution is -2.31. The molecule has 0 radical (unpaired) electrons. The van der Waals surface area contributed by atoms with Gasteiger partial charge in [-0.1, -0.05) is 0 Å². The minimum Gasteiger partial charge on any atom is -0.315 e. The maximum Gasteiger partial charge on any atom is 0.103 e. The number of nitrogens with zero attached hydrogens (tertiary/aromatic N) is 6. The first kappa shape index (κ1) is 19.0. The molecule has 1 saturated heterocycles. The summed E-state index contributed by atoms with van der Waals surface area (Å²) in [6.07, 6.45) is 10.0. The molecule has 8 heteroatoms. The second kappa shape index (κ2) is 8.35. The molecule has 7 nitrogen and oxygen atoms in total. The molecular weight excluding hydrogens is 370 g/mol. The molecule has 3 aromatic heterocycles. The summed E-state index contributed by atoms with van der Waals surface area (Å²) in [5.41, 5.74) is 3.65. The summed E-state index contributed by atoms with van der Waals surface area (Å²) < 4.78 is 3.90. The average molecular weight is 396 g/mol. The first-order chi connectivity index (χ1) is 13.7. The molecule has 0 unspecified atom stereocenters. The topological polar surface area (TPSA) is 74.2 Å². The van der Waals surface area contributed by atoms with E-state index in [9.17, 15) is 5.26 Å². The molecule has 0 spiro atoms. The number of hydrogen-bond donors (Lipinski definition) is 1. The van der Waals surface area contributed by atoms with Gasteiger partial charge in [0.2, 0.25) is 0 Å². The predicted octanol–water partition coefficient (Wildman–Crippen LogP) is 2.65. The van der Waals surface area contributed by atoms with Crippen LogP contribution in [0.25, 0.3) is 16.6 Å². The van der Waals surface area contributed by atoms with Gasteiger partial charge in [0, 0.05) is 47.3 Å². The number of fused-ring (bicyclic) bond motifs is 1. The molecule has 4 rings (SSSR count). The van der Waals surface area contributed by atoms with E-state index in [1.807, 2.05) is 16.9 Å². The maximum absolute atomic E-state index is 9.46. The van der Waals surface area contributed by atoms with E-state index < -0.39 is 0 Å². The normalized spacial score (nSPS) is 17.3. The molecule has 1 aliphatic heterocycles.